The number of likely N-dealkylation sites (tertiary alicyclic amines) is 1. The Balaban J connectivity index is 1.09. The van der Waals surface area contributed by atoms with Gasteiger partial charge < -0.3 is 25.0 Å². The number of fused-ring (bicyclic) bond motifs is 3. The van der Waals surface area contributed by atoms with E-state index < -0.39 is 47.6 Å². The Hall–Kier alpha value is -6.11. The van der Waals surface area contributed by atoms with Gasteiger partial charge in [-0.25, -0.2) is 14.0 Å². The highest BCUT2D eigenvalue weighted by Gasteiger charge is 2.37. The maximum Gasteiger partial charge on any atom is 0.410 e. The molecule has 13 heteroatoms. The molecule has 310 valence electrons. The molecule has 3 atom stereocenters. The van der Waals surface area contributed by atoms with Crippen LogP contribution in [0.3, 0.4) is 0 Å². The second kappa shape index (κ2) is 18.6. The highest BCUT2D eigenvalue weighted by molar-refractivity contribution is 6.08. The van der Waals surface area contributed by atoms with Crippen molar-refractivity contribution in [3.05, 3.63) is 125 Å². The third-order valence-corrected chi connectivity index (χ3v) is 10.8. The first-order valence-electron chi connectivity index (χ1n) is 20.1. The first kappa shape index (κ1) is 42.5. The third-order valence-electron chi connectivity index (χ3n) is 10.8. The second-order valence-electron chi connectivity index (χ2n) is 16.1. The van der Waals surface area contributed by atoms with E-state index in [1.54, 1.807) is 44.9 Å². The van der Waals surface area contributed by atoms with E-state index in [0.717, 1.165) is 22.3 Å². The van der Waals surface area contributed by atoms with E-state index in [4.69, 9.17) is 9.47 Å². The summed E-state index contributed by atoms with van der Waals surface area (Å²) in [6.45, 7) is 7.66. The van der Waals surface area contributed by atoms with Gasteiger partial charge in [0.15, 0.2) is 5.78 Å². The molecule has 1 aliphatic carbocycles. The van der Waals surface area contributed by atoms with Gasteiger partial charge in [-0.05, 0) is 118 Å². The van der Waals surface area contributed by atoms with Crippen LogP contribution in [-0.2, 0) is 19.1 Å². The molecule has 1 fully saturated rings. The van der Waals surface area contributed by atoms with Crippen LogP contribution in [0.15, 0.2) is 91.3 Å². The Morgan fingerprint density at radius 3 is 2.24 bits per heavy atom. The van der Waals surface area contributed by atoms with E-state index in [9.17, 15) is 28.4 Å². The Bertz CT molecular complexity index is 2130. The largest absolute Gasteiger partial charge is 0.449 e. The van der Waals surface area contributed by atoms with E-state index in [1.165, 1.54) is 42.4 Å². The molecular weight excluding hydrogens is 754 g/mol. The lowest BCUT2D eigenvalue weighted by molar-refractivity contribution is -0.138. The number of nitrogens with zero attached hydrogens (tertiary/aromatic N) is 3. The molecule has 2 aliphatic rings. The maximum absolute atomic E-state index is 14.4. The molecule has 1 saturated heterocycles. The summed E-state index contributed by atoms with van der Waals surface area (Å²) in [4.78, 5) is 74.1. The number of likely N-dealkylation sites (N-methyl/N-ethyl adjacent to an activating group) is 1. The Morgan fingerprint density at radius 1 is 0.915 bits per heavy atom. The molecule has 3 unspecified atom stereocenters. The smallest absolute Gasteiger partial charge is 0.410 e. The fraction of sp³-hybridized carbons (Fsp3) is 0.391. The normalized spacial score (nSPS) is 15.7. The topological polar surface area (TPSA) is 147 Å². The molecule has 1 aliphatic heterocycles. The van der Waals surface area contributed by atoms with Crippen LogP contribution in [-0.4, -0.2) is 89.0 Å². The van der Waals surface area contributed by atoms with Gasteiger partial charge in [0.2, 0.25) is 11.8 Å². The quantitative estimate of drug-likeness (QED) is 0.0981. The van der Waals surface area contributed by atoms with Crippen molar-refractivity contribution >= 4 is 29.8 Å². The number of amides is 4. The molecule has 0 saturated carbocycles. The number of rotatable bonds is 14. The van der Waals surface area contributed by atoms with Crippen molar-refractivity contribution in [3.63, 3.8) is 0 Å². The summed E-state index contributed by atoms with van der Waals surface area (Å²) in [7, 11) is 1.47. The average molecular weight is 806 g/mol. The molecule has 1 aromatic heterocycles. The van der Waals surface area contributed by atoms with Gasteiger partial charge in [0.05, 0.1) is 6.04 Å². The summed E-state index contributed by atoms with van der Waals surface area (Å²) in [5.41, 5.74) is 5.03. The minimum Gasteiger partial charge on any atom is -0.449 e. The summed E-state index contributed by atoms with van der Waals surface area (Å²) in [5.74, 6) is -1.68. The molecule has 4 aromatic rings. The van der Waals surface area contributed by atoms with Gasteiger partial charge in [0.1, 0.15) is 30.1 Å². The van der Waals surface area contributed by atoms with Gasteiger partial charge >= 0.3 is 12.2 Å². The first-order valence-corrected chi connectivity index (χ1v) is 20.1. The van der Waals surface area contributed by atoms with Crippen LogP contribution in [0.25, 0.3) is 11.1 Å². The molecule has 2 N–H and O–H groups in total. The lowest BCUT2D eigenvalue weighted by atomic mass is 9.98. The van der Waals surface area contributed by atoms with Gasteiger partial charge in [-0.1, -0.05) is 48.5 Å². The first-order chi connectivity index (χ1) is 28.2. The molecule has 4 amide bonds. The summed E-state index contributed by atoms with van der Waals surface area (Å²) in [5, 5.41) is 5.72. The number of carbonyl (C=O) groups is 5. The number of hydrogen-bond acceptors (Lipinski definition) is 8. The van der Waals surface area contributed by atoms with E-state index in [0.29, 0.717) is 48.9 Å². The van der Waals surface area contributed by atoms with Crippen molar-refractivity contribution in [2.24, 2.45) is 0 Å². The van der Waals surface area contributed by atoms with E-state index >= 15 is 0 Å². The predicted molar refractivity (Wildman–Crippen MR) is 220 cm³/mol. The molecule has 0 spiro atoms. The fourth-order valence-electron chi connectivity index (χ4n) is 7.64. The number of nitrogens with one attached hydrogen (secondary N) is 2. The maximum atomic E-state index is 14.4. The molecule has 6 rings (SSSR count). The van der Waals surface area contributed by atoms with Gasteiger partial charge in [-0.3, -0.25) is 24.3 Å². The van der Waals surface area contributed by atoms with E-state index in [-0.39, 0.29) is 37.2 Å². The summed E-state index contributed by atoms with van der Waals surface area (Å²) >= 11 is 0. The van der Waals surface area contributed by atoms with Crippen LogP contribution >= 0.6 is 0 Å². The number of pyridine rings is 1. The van der Waals surface area contributed by atoms with Crippen LogP contribution in [0.1, 0.15) is 104 Å². The van der Waals surface area contributed by atoms with E-state index in [2.05, 4.69) is 39.9 Å². The average Bonchev–Trinajstić information content (AvgIpc) is 3.84. The summed E-state index contributed by atoms with van der Waals surface area (Å²) in [6, 6.07) is 20.9. The molecule has 12 nitrogen and oxygen atoms in total. The molecule has 3 aromatic carbocycles. The SMILES string of the molecule is CC(C(=O)NC(CCCCNC(=O)OCC1c2ccccc2-c2ccccc21)C(=O)N1CCCC1c1cncc(C(=O)c2ccc(F)cc2)c1)N(C)C(=O)OC(C)(C)C. The highest BCUT2D eigenvalue weighted by atomic mass is 19.1. The van der Waals surface area contributed by atoms with Crippen LogP contribution in [0, 0.1) is 5.82 Å². The number of benzene rings is 3. The summed E-state index contributed by atoms with van der Waals surface area (Å²) < 4.78 is 24.7. The highest BCUT2D eigenvalue weighted by Crippen LogP contribution is 2.44. The van der Waals surface area contributed by atoms with Crippen molar-refractivity contribution in [1.29, 1.82) is 0 Å². The van der Waals surface area contributed by atoms with Crippen molar-refractivity contribution in [2.45, 2.75) is 89.4 Å². The Kier molecular flexibility index (Phi) is 13.4. The standard InChI is InChI=1S/C46H52FN5O7/c1-29(51(5)45(57)59-46(2,3)4)42(54)50-39(17-10-11-23-49-44(56)58-28-38-36-15-8-6-13-34(36)35-14-7-9-16-37(35)38)43(55)52-24-12-18-40(52)31-25-32(27-48-26-31)41(53)30-19-21-33(47)22-20-30/h6-9,13-16,19-22,25-27,29,38-40H,10-12,17-18,23-24,28H2,1-5H3,(H,49,56)(H,50,54). The number of alkyl carbamates (subject to hydrolysis) is 1. The van der Waals surface area contributed by atoms with Gasteiger partial charge in [0, 0.05) is 49.6 Å². The van der Waals surface area contributed by atoms with Crippen LogP contribution in [0.2, 0.25) is 0 Å². The van der Waals surface area contributed by atoms with Crippen molar-refractivity contribution in [1.82, 2.24) is 25.4 Å². The molecule has 59 heavy (non-hydrogen) atoms. The lowest BCUT2D eigenvalue weighted by Crippen LogP contribution is -2.54. The fourth-order valence-corrected chi connectivity index (χ4v) is 7.64. The zero-order valence-corrected chi connectivity index (χ0v) is 34.2. The van der Waals surface area contributed by atoms with Crippen molar-refractivity contribution < 1.29 is 37.8 Å². The second-order valence-corrected chi connectivity index (χ2v) is 16.1. The summed E-state index contributed by atoms with van der Waals surface area (Å²) in [6.07, 6.45) is 4.38. The minimum absolute atomic E-state index is 0.0664. The van der Waals surface area contributed by atoms with E-state index in [1.807, 2.05) is 24.3 Å². The molecule has 0 bridgehead atoms. The minimum atomic E-state index is -0.955. The number of ketones is 1. The van der Waals surface area contributed by atoms with Crippen LogP contribution in [0.5, 0.6) is 0 Å². The zero-order chi connectivity index (χ0) is 42.3. The number of unbranched alkanes of at least 4 members (excludes halogenated alkanes) is 1. The monoisotopic (exact) mass is 805 g/mol. The molecule has 2 heterocycles. The predicted octanol–water partition coefficient (Wildman–Crippen LogP) is 7.56. The number of aromatic nitrogens is 1. The number of ether oxygens (including phenoxy) is 2. The van der Waals surface area contributed by atoms with Gasteiger partial charge in [-0.2, -0.15) is 0 Å². The van der Waals surface area contributed by atoms with Crippen LogP contribution in [0.4, 0.5) is 14.0 Å². The van der Waals surface area contributed by atoms with Crippen LogP contribution < -0.4 is 10.6 Å². The van der Waals surface area contributed by atoms with Crippen molar-refractivity contribution in [2.75, 3.05) is 26.7 Å². The Labute approximate surface area is 344 Å². The molecular formula is C46H52FN5O7. The number of halogens is 1. The third kappa shape index (κ3) is 10.3. The Morgan fingerprint density at radius 2 is 1.58 bits per heavy atom. The molecule has 0 radical (unpaired) electrons. The van der Waals surface area contributed by atoms with Gasteiger partial charge in [-0.15, -0.1) is 0 Å². The van der Waals surface area contributed by atoms with Gasteiger partial charge in [0.25, 0.3) is 0 Å². The number of carbonyl (C=O) groups excluding carboxylic acids is 5. The van der Waals surface area contributed by atoms with Crippen molar-refractivity contribution in [3.8, 4) is 11.1 Å². The number of hydrogen-bond donors (Lipinski definition) is 2. The lowest BCUT2D eigenvalue weighted by Gasteiger charge is -2.32. The zero-order valence-electron chi connectivity index (χ0n) is 34.2.